The topological polar surface area (TPSA) is 21.6 Å². The molecule has 2 rings (SSSR count). The summed E-state index contributed by atoms with van der Waals surface area (Å²) in [5, 5.41) is 0. The summed E-state index contributed by atoms with van der Waals surface area (Å²) >= 11 is 0. The van der Waals surface area contributed by atoms with Crippen molar-refractivity contribution in [1.82, 2.24) is 0 Å². The average Bonchev–Trinajstić information content (AvgIpc) is 2.47. The van der Waals surface area contributed by atoms with Crippen molar-refractivity contribution in [1.29, 1.82) is 0 Å². The van der Waals surface area contributed by atoms with E-state index in [2.05, 4.69) is 25.1 Å². The minimum absolute atomic E-state index is 0.303. The van der Waals surface area contributed by atoms with Gasteiger partial charge in [-0.3, -0.25) is 4.99 Å². The van der Waals surface area contributed by atoms with Crippen LogP contribution in [-0.2, 0) is 4.74 Å². The Bertz CT molecular complexity index is 550. The van der Waals surface area contributed by atoms with Gasteiger partial charge in [-0.25, -0.2) is 0 Å². The van der Waals surface area contributed by atoms with Crippen LogP contribution in [0.2, 0.25) is 0 Å². The Morgan fingerprint density at radius 1 is 1.26 bits per heavy atom. The van der Waals surface area contributed by atoms with Crippen LogP contribution in [0.15, 0.2) is 65.4 Å². The molecule has 0 heterocycles. The molecule has 19 heavy (non-hydrogen) atoms. The van der Waals surface area contributed by atoms with Crippen LogP contribution in [0.25, 0.3) is 5.70 Å². The molecule has 1 unspecified atom stereocenters. The van der Waals surface area contributed by atoms with Gasteiger partial charge in [0.25, 0.3) is 0 Å². The Hall–Kier alpha value is -2.09. The fraction of sp³-hybridized carbons (Fsp3) is 0.235. The minimum atomic E-state index is 0.303. The summed E-state index contributed by atoms with van der Waals surface area (Å²) in [6.07, 6.45) is 8.13. The molecule has 0 radical (unpaired) electrons. The maximum Gasteiger partial charge on any atom is 0.120 e. The van der Waals surface area contributed by atoms with Crippen LogP contribution >= 0.6 is 0 Å². The third-order valence-corrected chi connectivity index (χ3v) is 3.13. The van der Waals surface area contributed by atoms with Crippen LogP contribution in [0.5, 0.6) is 0 Å². The highest BCUT2D eigenvalue weighted by Gasteiger charge is 2.12. The van der Waals surface area contributed by atoms with E-state index in [0.717, 1.165) is 22.7 Å². The average molecular weight is 253 g/mol. The summed E-state index contributed by atoms with van der Waals surface area (Å²) in [5.41, 5.74) is 3.15. The molecule has 0 saturated heterocycles. The van der Waals surface area contributed by atoms with E-state index < -0.39 is 0 Å². The lowest BCUT2D eigenvalue weighted by molar-refractivity contribution is 0.306. The third kappa shape index (κ3) is 3.22. The summed E-state index contributed by atoms with van der Waals surface area (Å²) in [6.45, 7) is 4.15. The third-order valence-electron chi connectivity index (χ3n) is 3.13. The first-order valence-electron chi connectivity index (χ1n) is 6.49. The number of ether oxygens (including phenoxy) is 1. The van der Waals surface area contributed by atoms with Gasteiger partial charge in [0.05, 0.1) is 18.5 Å². The lowest BCUT2D eigenvalue weighted by Crippen LogP contribution is -2.11. The molecule has 0 aliphatic heterocycles. The van der Waals surface area contributed by atoms with Gasteiger partial charge in [-0.2, -0.15) is 0 Å². The van der Waals surface area contributed by atoms with Crippen molar-refractivity contribution in [3.8, 4) is 0 Å². The minimum Gasteiger partial charge on any atom is -0.497 e. The SMILES string of the molecule is C/C=C(\N=C1C=C(OC)C=CC1C)c1ccccc1. The molecule has 0 aromatic heterocycles. The van der Waals surface area contributed by atoms with Crippen molar-refractivity contribution >= 4 is 11.4 Å². The Labute approximate surface area is 114 Å². The number of benzene rings is 1. The second-order valence-electron chi connectivity index (χ2n) is 4.48. The zero-order valence-electron chi connectivity index (χ0n) is 11.6. The maximum atomic E-state index is 5.26. The zero-order chi connectivity index (χ0) is 13.7. The van der Waals surface area contributed by atoms with Gasteiger partial charge >= 0.3 is 0 Å². The van der Waals surface area contributed by atoms with Crippen molar-refractivity contribution in [2.45, 2.75) is 13.8 Å². The van der Waals surface area contributed by atoms with Crippen LogP contribution in [0, 0.1) is 5.92 Å². The van der Waals surface area contributed by atoms with Gasteiger partial charge in [-0.15, -0.1) is 0 Å². The summed E-state index contributed by atoms with van der Waals surface area (Å²) in [5.74, 6) is 1.15. The van der Waals surface area contributed by atoms with E-state index in [1.807, 2.05) is 43.4 Å². The van der Waals surface area contributed by atoms with Crippen LogP contribution < -0.4 is 0 Å². The van der Waals surface area contributed by atoms with E-state index in [4.69, 9.17) is 9.73 Å². The number of rotatable bonds is 3. The van der Waals surface area contributed by atoms with Crippen molar-refractivity contribution in [2.75, 3.05) is 7.11 Å². The molecule has 2 heteroatoms. The number of aliphatic imine (C=N–C) groups is 1. The molecule has 0 saturated carbocycles. The first-order chi connectivity index (χ1) is 9.24. The summed E-state index contributed by atoms with van der Waals surface area (Å²) in [6, 6.07) is 10.2. The van der Waals surface area contributed by atoms with E-state index in [-0.39, 0.29) is 0 Å². The Kier molecular flexibility index (Phi) is 4.35. The van der Waals surface area contributed by atoms with Crippen LogP contribution in [-0.4, -0.2) is 12.8 Å². The fourth-order valence-electron chi connectivity index (χ4n) is 1.97. The molecule has 1 aromatic carbocycles. The quantitative estimate of drug-likeness (QED) is 0.790. The van der Waals surface area contributed by atoms with Gasteiger partial charge in [0.2, 0.25) is 0 Å². The Morgan fingerprint density at radius 3 is 2.63 bits per heavy atom. The van der Waals surface area contributed by atoms with E-state index in [1.54, 1.807) is 7.11 Å². The highest BCUT2D eigenvalue weighted by atomic mass is 16.5. The molecule has 0 N–H and O–H groups in total. The van der Waals surface area contributed by atoms with E-state index in [1.165, 1.54) is 0 Å². The highest BCUT2D eigenvalue weighted by molar-refractivity contribution is 6.02. The van der Waals surface area contributed by atoms with Crippen molar-refractivity contribution in [3.05, 3.63) is 66.0 Å². The van der Waals surface area contributed by atoms with Crippen LogP contribution in [0.4, 0.5) is 0 Å². The lowest BCUT2D eigenvalue weighted by Gasteiger charge is -2.15. The molecule has 0 spiro atoms. The lowest BCUT2D eigenvalue weighted by atomic mass is 9.99. The second kappa shape index (κ2) is 6.19. The normalized spacial score (nSPS) is 21.4. The molecule has 1 aliphatic carbocycles. The van der Waals surface area contributed by atoms with Crippen molar-refractivity contribution < 1.29 is 4.74 Å². The van der Waals surface area contributed by atoms with E-state index in [0.29, 0.717) is 5.92 Å². The van der Waals surface area contributed by atoms with Gasteiger partial charge in [0, 0.05) is 12.0 Å². The summed E-state index contributed by atoms with van der Waals surface area (Å²) < 4.78 is 5.26. The highest BCUT2D eigenvalue weighted by Crippen LogP contribution is 2.20. The van der Waals surface area contributed by atoms with Crippen molar-refractivity contribution in [3.63, 3.8) is 0 Å². The Morgan fingerprint density at radius 2 is 2.00 bits per heavy atom. The molecule has 0 fully saturated rings. The fourth-order valence-corrected chi connectivity index (χ4v) is 1.97. The van der Waals surface area contributed by atoms with Crippen molar-refractivity contribution in [2.24, 2.45) is 10.9 Å². The van der Waals surface area contributed by atoms with Gasteiger partial charge in [0.15, 0.2) is 0 Å². The van der Waals surface area contributed by atoms with Gasteiger partial charge in [0.1, 0.15) is 5.76 Å². The van der Waals surface area contributed by atoms with Gasteiger partial charge < -0.3 is 4.74 Å². The largest absolute Gasteiger partial charge is 0.497 e. The second-order valence-corrected chi connectivity index (χ2v) is 4.48. The molecule has 98 valence electrons. The standard InChI is InChI=1S/C17H19NO/c1-4-16(14-8-6-5-7-9-14)18-17-12-15(19-3)11-10-13(17)2/h4-13H,1-3H3/b16-4-,18-17?. The van der Waals surface area contributed by atoms with Gasteiger partial charge in [-0.1, -0.05) is 49.4 Å². The van der Waals surface area contributed by atoms with E-state index in [9.17, 15) is 0 Å². The number of methoxy groups -OCH3 is 1. The van der Waals surface area contributed by atoms with Crippen LogP contribution in [0.3, 0.4) is 0 Å². The monoisotopic (exact) mass is 253 g/mol. The number of allylic oxidation sites excluding steroid dienone is 4. The molecule has 1 aromatic rings. The van der Waals surface area contributed by atoms with E-state index >= 15 is 0 Å². The predicted octanol–water partition coefficient (Wildman–Crippen LogP) is 4.22. The molecular weight excluding hydrogens is 234 g/mol. The Balaban J connectivity index is 2.34. The predicted molar refractivity (Wildman–Crippen MR) is 80.9 cm³/mol. The zero-order valence-corrected chi connectivity index (χ0v) is 11.6. The molecule has 1 atom stereocenters. The summed E-state index contributed by atoms with van der Waals surface area (Å²) in [7, 11) is 1.68. The molecule has 0 amide bonds. The van der Waals surface area contributed by atoms with Gasteiger partial charge in [-0.05, 0) is 18.6 Å². The first kappa shape index (κ1) is 13.3. The molecular formula is C17H19NO. The number of nitrogens with zero attached hydrogens (tertiary/aromatic N) is 1. The summed E-state index contributed by atoms with van der Waals surface area (Å²) in [4.78, 5) is 4.77. The maximum absolute atomic E-state index is 5.26. The van der Waals surface area contributed by atoms with Crippen LogP contribution in [0.1, 0.15) is 19.4 Å². The molecule has 0 bridgehead atoms. The number of hydrogen-bond donors (Lipinski definition) is 0. The first-order valence-corrected chi connectivity index (χ1v) is 6.49. The number of hydrogen-bond acceptors (Lipinski definition) is 2. The smallest absolute Gasteiger partial charge is 0.120 e. The molecule has 1 aliphatic rings. The molecule has 2 nitrogen and oxygen atoms in total.